The highest BCUT2D eigenvalue weighted by atomic mass is 16.5. The van der Waals surface area contributed by atoms with E-state index in [2.05, 4.69) is 20.3 Å². The van der Waals surface area contributed by atoms with Crippen LogP contribution in [0, 0.1) is 0 Å². The molecule has 0 radical (unpaired) electrons. The van der Waals surface area contributed by atoms with Crippen LogP contribution in [-0.2, 0) is 9.53 Å². The van der Waals surface area contributed by atoms with Crippen LogP contribution in [0.3, 0.4) is 0 Å². The van der Waals surface area contributed by atoms with Gasteiger partial charge in [0.1, 0.15) is 0 Å². The van der Waals surface area contributed by atoms with E-state index in [4.69, 9.17) is 0 Å². The Kier molecular flexibility index (Phi) is 7.25. The fourth-order valence-electron chi connectivity index (χ4n) is 1.74. The van der Waals surface area contributed by atoms with E-state index in [0.29, 0.717) is 17.8 Å². The van der Waals surface area contributed by atoms with Gasteiger partial charge in [0.25, 0.3) is 0 Å². The molecule has 1 rings (SSSR count). The zero-order valence-corrected chi connectivity index (χ0v) is 12.8. The number of hydrogen-bond acceptors (Lipinski definition) is 5. The average Bonchev–Trinajstić information content (AvgIpc) is 2.48. The van der Waals surface area contributed by atoms with Gasteiger partial charge in [0.15, 0.2) is 0 Å². The number of esters is 1. The average molecular weight is 293 g/mol. The largest absolute Gasteiger partial charge is 0.465 e. The summed E-state index contributed by atoms with van der Waals surface area (Å²) in [4.78, 5) is 25.1. The number of nitrogens with one attached hydrogen (secondary N) is 2. The van der Waals surface area contributed by atoms with Crippen LogP contribution in [0.5, 0.6) is 0 Å². The van der Waals surface area contributed by atoms with Crippen molar-refractivity contribution in [3.05, 3.63) is 29.8 Å². The molecule has 0 aliphatic heterocycles. The molecule has 2 N–H and O–H groups in total. The molecule has 1 amide bonds. The first-order valence-corrected chi connectivity index (χ1v) is 6.86. The standard InChI is InChI=1S/C15H23N3O3/c1-18(2)9-5-8-16-14(19)11-17-13-7-4-6-12(10-13)15(20)21-3/h4,6-7,10,17H,5,8-9,11H2,1-3H3,(H,16,19). The second kappa shape index (κ2) is 8.97. The molecule has 21 heavy (non-hydrogen) atoms. The molecule has 0 saturated carbocycles. The Morgan fingerprint density at radius 3 is 2.71 bits per heavy atom. The number of ether oxygens (including phenoxy) is 1. The summed E-state index contributed by atoms with van der Waals surface area (Å²) >= 11 is 0. The summed E-state index contributed by atoms with van der Waals surface area (Å²) in [5.41, 5.74) is 1.16. The van der Waals surface area contributed by atoms with Crippen LogP contribution in [-0.4, -0.2) is 57.6 Å². The van der Waals surface area contributed by atoms with Crippen molar-refractivity contribution < 1.29 is 14.3 Å². The fourth-order valence-corrected chi connectivity index (χ4v) is 1.74. The lowest BCUT2D eigenvalue weighted by molar-refractivity contribution is -0.119. The van der Waals surface area contributed by atoms with Gasteiger partial charge >= 0.3 is 5.97 Å². The molecule has 0 heterocycles. The number of rotatable bonds is 8. The molecule has 1 aromatic carbocycles. The van der Waals surface area contributed by atoms with Gasteiger partial charge in [-0.25, -0.2) is 4.79 Å². The van der Waals surface area contributed by atoms with E-state index in [-0.39, 0.29) is 12.5 Å². The SMILES string of the molecule is COC(=O)c1cccc(NCC(=O)NCCCN(C)C)c1. The third-order valence-electron chi connectivity index (χ3n) is 2.84. The normalized spacial score (nSPS) is 10.3. The highest BCUT2D eigenvalue weighted by Gasteiger charge is 2.06. The van der Waals surface area contributed by atoms with Crippen molar-refractivity contribution >= 4 is 17.6 Å². The molecule has 0 bridgehead atoms. The third kappa shape index (κ3) is 6.76. The number of benzene rings is 1. The second-order valence-corrected chi connectivity index (χ2v) is 4.93. The number of methoxy groups -OCH3 is 1. The van der Waals surface area contributed by atoms with Crippen molar-refractivity contribution in [2.24, 2.45) is 0 Å². The molecule has 0 aliphatic carbocycles. The number of amides is 1. The molecular weight excluding hydrogens is 270 g/mol. The Hall–Kier alpha value is -2.08. The van der Waals surface area contributed by atoms with Gasteiger partial charge in [0.05, 0.1) is 19.2 Å². The molecule has 0 aliphatic rings. The minimum Gasteiger partial charge on any atom is -0.465 e. The Balaban J connectivity index is 2.34. The van der Waals surface area contributed by atoms with Crippen LogP contribution in [0.2, 0.25) is 0 Å². The van der Waals surface area contributed by atoms with Gasteiger partial charge in [-0.2, -0.15) is 0 Å². The van der Waals surface area contributed by atoms with Gasteiger partial charge in [-0.15, -0.1) is 0 Å². The quantitative estimate of drug-likeness (QED) is 0.552. The van der Waals surface area contributed by atoms with E-state index >= 15 is 0 Å². The summed E-state index contributed by atoms with van der Waals surface area (Å²) in [5.74, 6) is -0.469. The smallest absolute Gasteiger partial charge is 0.337 e. The van der Waals surface area contributed by atoms with Crippen molar-refractivity contribution in [3.8, 4) is 0 Å². The van der Waals surface area contributed by atoms with Gasteiger partial charge in [-0.3, -0.25) is 4.79 Å². The molecule has 0 atom stereocenters. The van der Waals surface area contributed by atoms with E-state index in [1.165, 1.54) is 7.11 Å². The van der Waals surface area contributed by atoms with Crippen LogP contribution in [0.15, 0.2) is 24.3 Å². The van der Waals surface area contributed by atoms with Crippen LogP contribution in [0.25, 0.3) is 0 Å². The molecule has 1 aromatic rings. The number of carbonyl (C=O) groups is 2. The van der Waals surface area contributed by atoms with Crippen LogP contribution < -0.4 is 10.6 Å². The highest BCUT2D eigenvalue weighted by Crippen LogP contribution is 2.11. The van der Waals surface area contributed by atoms with E-state index < -0.39 is 5.97 Å². The van der Waals surface area contributed by atoms with E-state index in [9.17, 15) is 9.59 Å². The first-order chi connectivity index (χ1) is 10.0. The van der Waals surface area contributed by atoms with Gasteiger partial charge < -0.3 is 20.3 Å². The molecule has 116 valence electrons. The maximum absolute atomic E-state index is 11.7. The molecular formula is C15H23N3O3. The summed E-state index contributed by atoms with van der Waals surface area (Å²) in [6, 6.07) is 6.86. The second-order valence-electron chi connectivity index (χ2n) is 4.93. The summed E-state index contributed by atoms with van der Waals surface area (Å²) < 4.78 is 4.65. The summed E-state index contributed by atoms with van der Waals surface area (Å²) in [6.45, 7) is 1.77. The van der Waals surface area contributed by atoms with Gasteiger partial charge in [0, 0.05) is 12.2 Å². The van der Waals surface area contributed by atoms with Crippen molar-refractivity contribution in [3.63, 3.8) is 0 Å². The number of anilines is 1. The first kappa shape index (κ1) is 17.0. The zero-order chi connectivity index (χ0) is 15.7. The molecule has 0 aromatic heterocycles. The minimum atomic E-state index is -0.396. The Bertz CT molecular complexity index is 475. The van der Waals surface area contributed by atoms with Crippen LogP contribution >= 0.6 is 0 Å². The lowest BCUT2D eigenvalue weighted by atomic mass is 10.2. The highest BCUT2D eigenvalue weighted by molar-refractivity contribution is 5.90. The third-order valence-corrected chi connectivity index (χ3v) is 2.84. The summed E-state index contributed by atoms with van der Waals surface area (Å²) in [6.07, 6.45) is 0.913. The van der Waals surface area contributed by atoms with E-state index in [1.54, 1.807) is 24.3 Å². The van der Waals surface area contributed by atoms with Crippen LogP contribution in [0.1, 0.15) is 16.8 Å². The number of hydrogen-bond donors (Lipinski definition) is 2. The van der Waals surface area contributed by atoms with Gasteiger partial charge in [-0.1, -0.05) is 6.07 Å². The van der Waals surface area contributed by atoms with Crippen molar-refractivity contribution in [1.29, 1.82) is 0 Å². The van der Waals surface area contributed by atoms with E-state index in [1.807, 2.05) is 14.1 Å². The predicted octanol–water partition coefficient (Wildman–Crippen LogP) is 0.953. The monoisotopic (exact) mass is 293 g/mol. The molecule has 6 heteroatoms. The van der Waals surface area contributed by atoms with Crippen molar-refractivity contribution in [2.45, 2.75) is 6.42 Å². The Morgan fingerprint density at radius 2 is 2.05 bits per heavy atom. The summed E-state index contributed by atoms with van der Waals surface area (Å²) in [5, 5.41) is 5.82. The maximum atomic E-state index is 11.7. The number of nitrogens with zero attached hydrogens (tertiary/aromatic N) is 1. The maximum Gasteiger partial charge on any atom is 0.337 e. The van der Waals surface area contributed by atoms with Crippen molar-refractivity contribution in [2.75, 3.05) is 46.2 Å². The fraction of sp³-hybridized carbons (Fsp3) is 0.467. The van der Waals surface area contributed by atoms with Gasteiger partial charge in [-0.05, 0) is 45.3 Å². The molecule has 6 nitrogen and oxygen atoms in total. The number of carbonyl (C=O) groups excluding carboxylic acids is 2. The minimum absolute atomic E-state index is 0.0720. The molecule has 0 unspecified atom stereocenters. The van der Waals surface area contributed by atoms with Crippen LogP contribution in [0.4, 0.5) is 5.69 Å². The van der Waals surface area contributed by atoms with E-state index in [0.717, 1.165) is 13.0 Å². The lowest BCUT2D eigenvalue weighted by Crippen LogP contribution is -2.32. The lowest BCUT2D eigenvalue weighted by Gasteiger charge is -2.11. The molecule has 0 fully saturated rings. The topological polar surface area (TPSA) is 70.7 Å². The Labute approximate surface area is 125 Å². The van der Waals surface area contributed by atoms with Gasteiger partial charge in [0.2, 0.25) is 5.91 Å². The summed E-state index contributed by atoms with van der Waals surface area (Å²) in [7, 11) is 5.33. The van der Waals surface area contributed by atoms with Crippen molar-refractivity contribution in [1.82, 2.24) is 10.2 Å². The zero-order valence-electron chi connectivity index (χ0n) is 12.8. The Morgan fingerprint density at radius 1 is 1.29 bits per heavy atom. The molecule has 0 saturated heterocycles. The molecule has 0 spiro atoms. The first-order valence-electron chi connectivity index (χ1n) is 6.86. The predicted molar refractivity (Wildman–Crippen MR) is 82.5 cm³/mol.